The summed E-state index contributed by atoms with van der Waals surface area (Å²) in [6, 6.07) is 0. The van der Waals surface area contributed by atoms with Crippen molar-refractivity contribution >= 4 is 5.91 Å². The van der Waals surface area contributed by atoms with Crippen LogP contribution in [0.5, 0.6) is 0 Å². The topological polar surface area (TPSA) is 55.1 Å². The molecule has 1 amide bonds. The predicted octanol–water partition coefficient (Wildman–Crippen LogP) is 0.107. The maximum absolute atomic E-state index is 11.1. The van der Waals surface area contributed by atoms with Crippen molar-refractivity contribution in [3.8, 4) is 0 Å². The maximum Gasteiger partial charge on any atom is 0.222 e. The molecule has 3 N–H and O–H groups in total. The van der Waals surface area contributed by atoms with Crippen molar-refractivity contribution in [3.05, 3.63) is 0 Å². The first kappa shape index (κ1) is 8.05. The molecular formula is C9H16N2O. The van der Waals surface area contributed by atoms with Gasteiger partial charge in [-0.2, -0.15) is 0 Å². The molecule has 2 aliphatic rings. The summed E-state index contributed by atoms with van der Waals surface area (Å²) < 4.78 is 0. The molecule has 0 bridgehead atoms. The lowest BCUT2D eigenvalue weighted by molar-refractivity contribution is -0.127. The SMILES string of the molecule is CC1CC2(CNCC2C(N)=O)C1. The highest BCUT2D eigenvalue weighted by molar-refractivity contribution is 5.78. The van der Waals surface area contributed by atoms with Gasteiger partial charge >= 0.3 is 0 Å². The summed E-state index contributed by atoms with van der Waals surface area (Å²) in [7, 11) is 0. The molecule has 3 nitrogen and oxygen atoms in total. The lowest BCUT2D eigenvalue weighted by atomic mass is 9.58. The van der Waals surface area contributed by atoms with Crippen molar-refractivity contribution in [2.24, 2.45) is 23.0 Å². The van der Waals surface area contributed by atoms with Crippen LogP contribution in [0.3, 0.4) is 0 Å². The first-order valence-electron chi connectivity index (χ1n) is 4.64. The number of carbonyl (C=O) groups excluding carboxylic acids is 1. The lowest BCUT2D eigenvalue weighted by Crippen LogP contribution is -2.47. The van der Waals surface area contributed by atoms with Gasteiger partial charge in [0.25, 0.3) is 0 Å². The third-order valence-corrected chi connectivity index (χ3v) is 3.42. The third kappa shape index (κ3) is 0.959. The fourth-order valence-electron chi connectivity index (χ4n) is 2.96. The minimum atomic E-state index is -0.119. The van der Waals surface area contributed by atoms with Crippen LogP contribution >= 0.6 is 0 Å². The first-order chi connectivity index (χ1) is 5.64. The molecule has 0 aromatic carbocycles. The molecule has 1 saturated heterocycles. The second-order valence-electron chi connectivity index (χ2n) is 4.46. The van der Waals surface area contributed by atoms with E-state index >= 15 is 0 Å². The van der Waals surface area contributed by atoms with E-state index in [2.05, 4.69) is 12.2 Å². The largest absolute Gasteiger partial charge is 0.369 e. The maximum atomic E-state index is 11.1. The highest BCUT2D eigenvalue weighted by Crippen LogP contribution is 2.52. The Morgan fingerprint density at radius 1 is 1.58 bits per heavy atom. The van der Waals surface area contributed by atoms with E-state index in [1.807, 2.05) is 0 Å². The highest BCUT2D eigenvalue weighted by Gasteiger charge is 2.52. The summed E-state index contributed by atoms with van der Waals surface area (Å²) in [5, 5.41) is 3.27. The number of hydrogen-bond acceptors (Lipinski definition) is 2. The molecule has 12 heavy (non-hydrogen) atoms. The Morgan fingerprint density at radius 2 is 2.25 bits per heavy atom. The molecule has 0 aromatic rings. The number of nitrogens with one attached hydrogen (secondary N) is 1. The van der Waals surface area contributed by atoms with E-state index in [1.165, 1.54) is 12.8 Å². The van der Waals surface area contributed by atoms with Gasteiger partial charge in [0.2, 0.25) is 5.91 Å². The van der Waals surface area contributed by atoms with Gasteiger partial charge in [0.15, 0.2) is 0 Å². The second-order valence-corrected chi connectivity index (χ2v) is 4.46. The van der Waals surface area contributed by atoms with Crippen LogP contribution in [0, 0.1) is 17.3 Å². The quantitative estimate of drug-likeness (QED) is 0.583. The van der Waals surface area contributed by atoms with Crippen LogP contribution in [0.15, 0.2) is 0 Å². The number of primary amides is 1. The fourth-order valence-corrected chi connectivity index (χ4v) is 2.96. The molecule has 2 fully saturated rings. The lowest BCUT2D eigenvalue weighted by Gasteiger charge is -2.46. The molecule has 0 radical (unpaired) electrons. The van der Waals surface area contributed by atoms with E-state index in [9.17, 15) is 4.79 Å². The van der Waals surface area contributed by atoms with Gasteiger partial charge < -0.3 is 11.1 Å². The summed E-state index contributed by atoms with van der Waals surface area (Å²) in [5.41, 5.74) is 5.59. The van der Waals surface area contributed by atoms with E-state index in [0.29, 0.717) is 0 Å². The Hall–Kier alpha value is -0.570. The Kier molecular flexibility index (Phi) is 1.65. The van der Waals surface area contributed by atoms with Crippen molar-refractivity contribution in [1.29, 1.82) is 0 Å². The molecule has 68 valence electrons. The number of hydrogen-bond donors (Lipinski definition) is 2. The minimum Gasteiger partial charge on any atom is -0.369 e. The monoisotopic (exact) mass is 168 g/mol. The molecule has 1 atom stereocenters. The zero-order valence-corrected chi connectivity index (χ0v) is 7.47. The first-order valence-corrected chi connectivity index (χ1v) is 4.64. The number of rotatable bonds is 1. The van der Waals surface area contributed by atoms with E-state index in [0.717, 1.165) is 19.0 Å². The second kappa shape index (κ2) is 2.46. The molecule has 1 aliphatic carbocycles. The van der Waals surface area contributed by atoms with Gasteiger partial charge in [-0.1, -0.05) is 6.92 Å². The van der Waals surface area contributed by atoms with Gasteiger partial charge in [0.1, 0.15) is 0 Å². The van der Waals surface area contributed by atoms with E-state index in [4.69, 9.17) is 5.73 Å². The zero-order chi connectivity index (χ0) is 8.77. The number of carbonyl (C=O) groups is 1. The van der Waals surface area contributed by atoms with Crippen LogP contribution in [0.2, 0.25) is 0 Å². The molecule has 1 spiro atoms. The molecule has 0 aromatic heterocycles. The zero-order valence-electron chi connectivity index (χ0n) is 7.47. The van der Waals surface area contributed by atoms with Gasteiger partial charge in [0.05, 0.1) is 5.92 Å². The molecule has 2 rings (SSSR count). The van der Waals surface area contributed by atoms with Gasteiger partial charge in [-0.3, -0.25) is 4.79 Å². The predicted molar refractivity (Wildman–Crippen MR) is 46.4 cm³/mol. The highest BCUT2D eigenvalue weighted by atomic mass is 16.1. The van der Waals surface area contributed by atoms with Crippen molar-refractivity contribution in [1.82, 2.24) is 5.32 Å². The third-order valence-electron chi connectivity index (χ3n) is 3.42. The summed E-state index contributed by atoms with van der Waals surface area (Å²) in [6.45, 7) is 4.02. The smallest absolute Gasteiger partial charge is 0.222 e. The van der Waals surface area contributed by atoms with Crippen molar-refractivity contribution in [3.63, 3.8) is 0 Å². The average molecular weight is 168 g/mol. The summed E-state index contributed by atoms with van der Waals surface area (Å²) in [4.78, 5) is 11.1. The van der Waals surface area contributed by atoms with Gasteiger partial charge in [-0.15, -0.1) is 0 Å². The van der Waals surface area contributed by atoms with Gasteiger partial charge in [0, 0.05) is 13.1 Å². The normalized spacial score (nSPS) is 46.1. The Bertz CT molecular complexity index is 209. The molecule has 1 aliphatic heterocycles. The Labute approximate surface area is 72.7 Å². The standard InChI is InChI=1S/C9H16N2O/c1-6-2-9(3-6)5-11-4-7(9)8(10)12/h6-7,11H,2-5H2,1H3,(H2,10,12). The molecular weight excluding hydrogens is 152 g/mol. The van der Waals surface area contributed by atoms with Crippen molar-refractivity contribution in [2.45, 2.75) is 19.8 Å². The summed E-state index contributed by atoms with van der Waals surface area (Å²) in [5.74, 6) is 0.757. The van der Waals surface area contributed by atoms with E-state index in [-0.39, 0.29) is 17.2 Å². The van der Waals surface area contributed by atoms with Crippen molar-refractivity contribution in [2.75, 3.05) is 13.1 Å². The minimum absolute atomic E-state index is 0.0914. The van der Waals surface area contributed by atoms with Crippen LogP contribution in [0.4, 0.5) is 0 Å². The Morgan fingerprint density at radius 3 is 2.75 bits per heavy atom. The fraction of sp³-hybridized carbons (Fsp3) is 0.889. The average Bonchev–Trinajstić information content (AvgIpc) is 2.30. The molecule has 3 heteroatoms. The van der Waals surface area contributed by atoms with Crippen LogP contribution < -0.4 is 11.1 Å². The molecule has 1 saturated carbocycles. The van der Waals surface area contributed by atoms with Crippen molar-refractivity contribution < 1.29 is 4.79 Å². The van der Waals surface area contributed by atoms with Crippen LogP contribution in [-0.4, -0.2) is 19.0 Å². The molecule has 1 heterocycles. The van der Waals surface area contributed by atoms with Crippen LogP contribution in [0.1, 0.15) is 19.8 Å². The van der Waals surface area contributed by atoms with Gasteiger partial charge in [-0.25, -0.2) is 0 Å². The van der Waals surface area contributed by atoms with E-state index in [1.54, 1.807) is 0 Å². The van der Waals surface area contributed by atoms with Gasteiger partial charge in [-0.05, 0) is 24.2 Å². The van der Waals surface area contributed by atoms with E-state index < -0.39 is 0 Å². The molecule has 1 unspecified atom stereocenters. The summed E-state index contributed by atoms with van der Waals surface area (Å²) in [6.07, 6.45) is 2.35. The van der Waals surface area contributed by atoms with Crippen LogP contribution in [-0.2, 0) is 4.79 Å². The number of amides is 1. The Balaban J connectivity index is 2.10. The van der Waals surface area contributed by atoms with Crippen LogP contribution in [0.25, 0.3) is 0 Å². The number of nitrogens with two attached hydrogens (primary N) is 1. The summed E-state index contributed by atoms with van der Waals surface area (Å²) >= 11 is 0.